The van der Waals surface area contributed by atoms with Gasteiger partial charge in [-0.1, -0.05) is 43.2 Å². The molecule has 120 valence electrons. The number of benzene rings is 1. The lowest BCUT2D eigenvalue weighted by Crippen LogP contribution is -2.31. The van der Waals surface area contributed by atoms with Crippen molar-refractivity contribution >= 4 is 11.2 Å². The molecule has 0 saturated carbocycles. The van der Waals surface area contributed by atoms with Gasteiger partial charge >= 0.3 is 5.69 Å². The second-order valence-corrected chi connectivity index (χ2v) is 5.80. The van der Waals surface area contributed by atoms with Crippen LogP contribution in [0.15, 0.2) is 33.9 Å². The van der Waals surface area contributed by atoms with Crippen molar-refractivity contribution in [1.82, 2.24) is 19.1 Å². The van der Waals surface area contributed by atoms with Crippen LogP contribution in [0, 0.1) is 6.92 Å². The quantitative estimate of drug-likeness (QED) is 0.802. The first-order valence-corrected chi connectivity index (χ1v) is 7.79. The average molecular weight is 312 g/mol. The van der Waals surface area contributed by atoms with E-state index in [1.165, 1.54) is 0 Å². The van der Waals surface area contributed by atoms with Crippen molar-refractivity contribution in [3.8, 4) is 11.4 Å². The Morgan fingerprint density at radius 2 is 1.87 bits per heavy atom. The molecule has 1 aromatic carbocycles. The molecule has 23 heavy (non-hydrogen) atoms. The molecule has 3 rings (SSSR count). The summed E-state index contributed by atoms with van der Waals surface area (Å²) in [7, 11) is 1.80. The smallest absolute Gasteiger partial charge is 0.321 e. The Hall–Kier alpha value is -2.63. The van der Waals surface area contributed by atoms with E-state index in [1.807, 2.05) is 31.2 Å². The molecule has 3 aromatic rings. The first kappa shape index (κ1) is 15.3. The lowest BCUT2D eigenvalue weighted by atomic mass is 10.1. The molecule has 0 unspecified atom stereocenters. The van der Waals surface area contributed by atoms with E-state index in [0.717, 1.165) is 24.0 Å². The second-order valence-electron chi connectivity index (χ2n) is 5.80. The van der Waals surface area contributed by atoms with Crippen molar-refractivity contribution in [1.29, 1.82) is 0 Å². The maximum atomic E-state index is 12.2. The third kappa shape index (κ3) is 2.60. The number of aryl methyl sites for hydroxylation is 3. The highest BCUT2D eigenvalue weighted by molar-refractivity contribution is 5.76. The summed E-state index contributed by atoms with van der Waals surface area (Å²) in [6, 6.07) is 7.95. The van der Waals surface area contributed by atoms with Crippen LogP contribution in [-0.4, -0.2) is 19.1 Å². The number of nitrogens with one attached hydrogen (secondary N) is 1. The summed E-state index contributed by atoms with van der Waals surface area (Å²) < 4.78 is 3.30. The molecule has 0 amide bonds. The molecule has 0 fully saturated rings. The van der Waals surface area contributed by atoms with Crippen molar-refractivity contribution in [3.05, 3.63) is 50.7 Å². The van der Waals surface area contributed by atoms with Gasteiger partial charge in [0.1, 0.15) is 5.82 Å². The topological polar surface area (TPSA) is 72.7 Å². The predicted molar refractivity (Wildman–Crippen MR) is 90.7 cm³/mol. The van der Waals surface area contributed by atoms with Gasteiger partial charge < -0.3 is 4.57 Å². The number of fused-ring (bicyclic) bond motifs is 1. The number of hydrogen-bond donors (Lipinski definition) is 1. The van der Waals surface area contributed by atoms with Crippen LogP contribution in [0.25, 0.3) is 22.6 Å². The van der Waals surface area contributed by atoms with Crippen molar-refractivity contribution in [2.75, 3.05) is 0 Å². The van der Waals surface area contributed by atoms with Crippen molar-refractivity contribution < 1.29 is 0 Å². The van der Waals surface area contributed by atoms with E-state index >= 15 is 0 Å². The standard InChI is InChI=1S/C17H20N4O2/c1-4-5-10-21-15-13(16(22)19-17(21)23)20(3)14(18-15)12-8-6-11(2)7-9-12/h6-9H,4-5,10H2,1-3H3,(H,19,22,23). The van der Waals surface area contributed by atoms with Crippen molar-refractivity contribution in [2.45, 2.75) is 33.2 Å². The van der Waals surface area contributed by atoms with Gasteiger partial charge in [0.25, 0.3) is 5.56 Å². The minimum absolute atomic E-state index is 0.397. The normalized spacial score (nSPS) is 11.3. The summed E-state index contributed by atoms with van der Waals surface area (Å²) >= 11 is 0. The Morgan fingerprint density at radius 3 is 2.52 bits per heavy atom. The molecule has 6 heteroatoms. The highest BCUT2D eigenvalue weighted by atomic mass is 16.2. The fraction of sp³-hybridized carbons (Fsp3) is 0.353. The maximum absolute atomic E-state index is 12.2. The summed E-state index contributed by atoms with van der Waals surface area (Å²) in [5, 5.41) is 0. The molecule has 0 aliphatic rings. The van der Waals surface area contributed by atoms with E-state index in [9.17, 15) is 9.59 Å². The number of hydrogen-bond acceptors (Lipinski definition) is 3. The highest BCUT2D eigenvalue weighted by Crippen LogP contribution is 2.21. The van der Waals surface area contributed by atoms with E-state index in [0.29, 0.717) is 23.5 Å². The zero-order chi connectivity index (χ0) is 16.6. The maximum Gasteiger partial charge on any atom is 0.330 e. The average Bonchev–Trinajstić information content (AvgIpc) is 2.86. The number of unbranched alkanes of at least 4 members (excludes halogenated alkanes) is 1. The molecule has 1 N–H and O–H groups in total. The Bertz CT molecular complexity index is 961. The van der Waals surface area contributed by atoms with Crippen LogP contribution in [0.2, 0.25) is 0 Å². The summed E-state index contributed by atoms with van der Waals surface area (Å²) in [6.07, 6.45) is 1.82. The summed E-state index contributed by atoms with van der Waals surface area (Å²) in [6.45, 7) is 4.63. The van der Waals surface area contributed by atoms with E-state index in [4.69, 9.17) is 0 Å². The Kier molecular flexibility index (Phi) is 3.90. The molecule has 0 spiro atoms. The van der Waals surface area contributed by atoms with Gasteiger partial charge in [-0.25, -0.2) is 9.78 Å². The van der Waals surface area contributed by atoms with E-state index < -0.39 is 11.2 Å². The number of aromatic nitrogens is 4. The van der Waals surface area contributed by atoms with E-state index in [-0.39, 0.29) is 0 Å². The fourth-order valence-electron chi connectivity index (χ4n) is 2.73. The molecule has 6 nitrogen and oxygen atoms in total. The number of H-pyrrole nitrogens is 1. The van der Waals surface area contributed by atoms with Gasteiger partial charge in [-0.05, 0) is 13.3 Å². The zero-order valence-electron chi connectivity index (χ0n) is 13.6. The molecule has 0 radical (unpaired) electrons. The molecule has 2 heterocycles. The molecule has 0 atom stereocenters. The van der Waals surface area contributed by atoms with Crippen LogP contribution in [0.3, 0.4) is 0 Å². The van der Waals surface area contributed by atoms with Gasteiger partial charge in [0.05, 0.1) is 0 Å². The predicted octanol–water partition coefficient (Wildman–Crippen LogP) is 2.20. The Labute approximate surface area is 133 Å². The number of rotatable bonds is 4. The lowest BCUT2D eigenvalue weighted by molar-refractivity contribution is 0.613. The second kappa shape index (κ2) is 5.87. The Morgan fingerprint density at radius 1 is 1.17 bits per heavy atom. The monoisotopic (exact) mass is 312 g/mol. The van der Waals surface area contributed by atoms with Crippen LogP contribution in [0.4, 0.5) is 0 Å². The van der Waals surface area contributed by atoms with Gasteiger partial charge in [-0.15, -0.1) is 0 Å². The number of nitrogens with zero attached hydrogens (tertiary/aromatic N) is 3. The zero-order valence-corrected chi connectivity index (χ0v) is 13.6. The van der Waals surface area contributed by atoms with Crippen LogP contribution < -0.4 is 11.2 Å². The number of aromatic amines is 1. The molecular formula is C17H20N4O2. The third-order valence-electron chi connectivity index (χ3n) is 4.06. The molecular weight excluding hydrogens is 292 g/mol. The van der Waals surface area contributed by atoms with Gasteiger partial charge in [-0.2, -0.15) is 0 Å². The van der Waals surface area contributed by atoms with Crippen LogP contribution in [0.1, 0.15) is 25.3 Å². The van der Waals surface area contributed by atoms with Crippen molar-refractivity contribution in [2.24, 2.45) is 7.05 Å². The number of imidazole rings is 1. The SMILES string of the molecule is CCCCn1c(=O)[nH]c(=O)c2c1nc(-c1ccc(C)cc1)n2C. The van der Waals surface area contributed by atoms with Gasteiger partial charge in [0.15, 0.2) is 11.2 Å². The van der Waals surface area contributed by atoms with Crippen LogP contribution in [-0.2, 0) is 13.6 Å². The van der Waals surface area contributed by atoms with Gasteiger partial charge in [0, 0.05) is 19.2 Å². The molecule has 2 aromatic heterocycles. The summed E-state index contributed by atoms with van der Waals surface area (Å²) in [5.41, 5.74) is 2.16. The van der Waals surface area contributed by atoms with E-state index in [2.05, 4.69) is 16.9 Å². The van der Waals surface area contributed by atoms with Crippen molar-refractivity contribution in [3.63, 3.8) is 0 Å². The fourth-order valence-corrected chi connectivity index (χ4v) is 2.73. The molecule has 0 saturated heterocycles. The van der Waals surface area contributed by atoms with Crippen LogP contribution in [0.5, 0.6) is 0 Å². The lowest BCUT2D eigenvalue weighted by Gasteiger charge is -2.04. The Balaban J connectivity index is 2.28. The first-order valence-electron chi connectivity index (χ1n) is 7.79. The summed E-state index contributed by atoms with van der Waals surface area (Å²) in [4.78, 5) is 31.3. The molecule has 0 bridgehead atoms. The van der Waals surface area contributed by atoms with E-state index in [1.54, 1.807) is 16.2 Å². The largest absolute Gasteiger partial charge is 0.330 e. The molecule has 0 aliphatic carbocycles. The third-order valence-corrected chi connectivity index (χ3v) is 4.06. The highest BCUT2D eigenvalue weighted by Gasteiger charge is 2.17. The van der Waals surface area contributed by atoms with Crippen LogP contribution >= 0.6 is 0 Å². The minimum atomic E-state index is -0.399. The van der Waals surface area contributed by atoms with Gasteiger partial charge in [0.2, 0.25) is 0 Å². The van der Waals surface area contributed by atoms with Gasteiger partial charge in [-0.3, -0.25) is 14.3 Å². The summed E-state index contributed by atoms with van der Waals surface area (Å²) in [5.74, 6) is 0.682. The minimum Gasteiger partial charge on any atom is -0.321 e. The molecule has 0 aliphatic heterocycles. The first-order chi connectivity index (χ1) is 11.0.